The predicted molar refractivity (Wildman–Crippen MR) is 131 cm³/mol. The number of hydrogen-bond acceptors (Lipinski definition) is 6. The number of amidine groups is 1. The molecule has 2 N–H and O–H groups in total. The van der Waals surface area contributed by atoms with E-state index in [0.717, 1.165) is 32.1 Å². The highest BCUT2D eigenvalue weighted by atomic mass is 32.2. The first-order chi connectivity index (χ1) is 16.5. The van der Waals surface area contributed by atoms with Crippen LogP contribution < -0.4 is 19.5 Å². The first-order valence-corrected chi connectivity index (χ1v) is 13.3. The Labute approximate surface area is 200 Å². The van der Waals surface area contributed by atoms with Gasteiger partial charge in [-0.05, 0) is 62.8 Å². The van der Waals surface area contributed by atoms with Gasteiger partial charge in [0.1, 0.15) is 5.84 Å². The van der Waals surface area contributed by atoms with E-state index in [1.807, 2.05) is 18.2 Å². The van der Waals surface area contributed by atoms with Crippen molar-refractivity contribution >= 4 is 27.5 Å². The van der Waals surface area contributed by atoms with Gasteiger partial charge in [0.05, 0.1) is 18.1 Å². The molecule has 4 rings (SSSR count). The van der Waals surface area contributed by atoms with Crippen molar-refractivity contribution in [2.75, 3.05) is 19.0 Å². The van der Waals surface area contributed by atoms with E-state index >= 15 is 0 Å². The molecule has 0 bridgehead atoms. The van der Waals surface area contributed by atoms with Crippen molar-refractivity contribution in [1.82, 2.24) is 4.72 Å². The van der Waals surface area contributed by atoms with Gasteiger partial charge in [-0.1, -0.05) is 18.6 Å². The largest absolute Gasteiger partial charge is 0.493 e. The van der Waals surface area contributed by atoms with E-state index in [1.165, 1.54) is 12.8 Å². The molecule has 2 aromatic carbocycles. The summed E-state index contributed by atoms with van der Waals surface area (Å²) in [4.78, 5) is 17.1. The summed E-state index contributed by atoms with van der Waals surface area (Å²) in [5.41, 5.74) is 1.30. The van der Waals surface area contributed by atoms with Crippen LogP contribution in [0.3, 0.4) is 0 Å². The number of rotatable bonds is 10. The summed E-state index contributed by atoms with van der Waals surface area (Å²) < 4.78 is 38.2. The van der Waals surface area contributed by atoms with Crippen molar-refractivity contribution in [2.45, 2.75) is 62.4 Å². The smallest absolute Gasteiger partial charge is 0.263 e. The zero-order chi connectivity index (χ0) is 24.0. The first-order valence-electron chi connectivity index (χ1n) is 11.8. The Hall–Kier alpha value is -3.07. The van der Waals surface area contributed by atoms with Crippen LogP contribution in [0.1, 0.15) is 56.9 Å². The van der Waals surface area contributed by atoms with Crippen molar-refractivity contribution in [3.63, 3.8) is 0 Å². The Balaban J connectivity index is 1.21. The van der Waals surface area contributed by atoms with Gasteiger partial charge in [-0.15, -0.1) is 0 Å². The number of unbranched alkanes of at least 4 members (excludes halogenated alkanes) is 2. The lowest BCUT2D eigenvalue weighted by Crippen LogP contribution is -2.22. The van der Waals surface area contributed by atoms with Crippen molar-refractivity contribution in [3.8, 4) is 11.5 Å². The molecule has 34 heavy (non-hydrogen) atoms. The Kier molecular flexibility index (Phi) is 7.72. The number of nitrogens with one attached hydrogen (secondary N) is 2. The quantitative estimate of drug-likeness (QED) is 0.489. The van der Waals surface area contributed by atoms with Crippen molar-refractivity contribution in [3.05, 3.63) is 48.0 Å². The van der Waals surface area contributed by atoms with Gasteiger partial charge in [0.2, 0.25) is 5.91 Å². The van der Waals surface area contributed by atoms with Crippen molar-refractivity contribution in [2.24, 2.45) is 4.99 Å². The predicted octanol–water partition coefficient (Wildman–Crippen LogP) is 4.25. The van der Waals surface area contributed by atoms with Crippen LogP contribution in [0.15, 0.2) is 52.4 Å². The van der Waals surface area contributed by atoms with Gasteiger partial charge in [0, 0.05) is 30.3 Å². The molecule has 0 aromatic heterocycles. The molecular weight excluding hydrogens is 454 g/mol. The standard InChI is InChI=1S/C25H31N3O5S/c1-32-21-15-14-18(17-22(21)33-19-9-4-5-10-19)27-24(29)13-3-2-8-16-26-25-20-11-6-7-12-23(20)34(30,31)28-25/h6-7,11-12,14-15,17,19H,2-5,8-10,13,16H2,1H3,(H,26,28)(H,27,29). The average molecular weight is 486 g/mol. The van der Waals surface area contributed by atoms with E-state index in [4.69, 9.17) is 9.47 Å². The van der Waals surface area contributed by atoms with Crippen LogP contribution in [-0.4, -0.2) is 39.9 Å². The molecule has 0 radical (unpaired) electrons. The molecule has 1 aliphatic heterocycles. The fraction of sp³-hybridized carbons (Fsp3) is 0.440. The molecular formula is C25H31N3O5S. The molecule has 0 unspecified atom stereocenters. The number of ether oxygens (including phenoxy) is 2. The number of carbonyl (C=O) groups is 1. The van der Waals surface area contributed by atoms with Gasteiger partial charge < -0.3 is 14.8 Å². The number of fused-ring (bicyclic) bond motifs is 1. The average Bonchev–Trinajstić information content (AvgIpc) is 3.42. The Morgan fingerprint density at radius 3 is 2.68 bits per heavy atom. The van der Waals surface area contributed by atoms with E-state index in [0.29, 0.717) is 41.6 Å². The van der Waals surface area contributed by atoms with Gasteiger partial charge in [0.25, 0.3) is 10.0 Å². The minimum atomic E-state index is -3.51. The van der Waals surface area contributed by atoms with Gasteiger partial charge in [-0.3, -0.25) is 14.5 Å². The SMILES string of the molecule is COc1ccc(NC(=O)CCCCCN=C2NS(=O)(=O)c3ccccc32)cc1OC1CCCC1. The highest BCUT2D eigenvalue weighted by molar-refractivity contribution is 7.90. The summed E-state index contributed by atoms with van der Waals surface area (Å²) in [5.74, 6) is 1.67. The van der Waals surface area contributed by atoms with Crippen LogP contribution in [0.4, 0.5) is 5.69 Å². The summed E-state index contributed by atoms with van der Waals surface area (Å²) in [7, 11) is -1.90. The third-order valence-corrected chi connectivity index (χ3v) is 7.43. The molecule has 1 heterocycles. The van der Waals surface area contributed by atoms with Crippen molar-refractivity contribution in [1.29, 1.82) is 0 Å². The normalized spacial score (nSPS) is 17.9. The number of hydrogen-bond donors (Lipinski definition) is 2. The van der Waals surface area contributed by atoms with Gasteiger partial charge in [-0.2, -0.15) is 0 Å². The molecule has 2 aromatic rings. The lowest BCUT2D eigenvalue weighted by Gasteiger charge is -2.17. The Morgan fingerprint density at radius 2 is 1.88 bits per heavy atom. The zero-order valence-corrected chi connectivity index (χ0v) is 20.2. The number of sulfonamides is 1. The highest BCUT2D eigenvalue weighted by Crippen LogP contribution is 2.34. The van der Waals surface area contributed by atoms with E-state index in [2.05, 4.69) is 15.0 Å². The van der Waals surface area contributed by atoms with Crippen LogP contribution in [0.2, 0.25) is 0 Å². The molecule has 9 heteroatoms. The Bertz CT molecular complexity index is 1160. The molecule has 0 atom stereocenters. The minimum absolute atomic E-state index is 0.0548. The van der Waals surface area contributed by atoms with E-state index in [-0.39, 0.29) is 16.9 Å². The number of carbonyl (C=O) groups excluding carboxylic acids is 1. The van der Waals surface area contributed by atoms with Gasteiger partial charge in [0.15, 0.2) is 11.5 Å². The summed E-state index contributed by atoms with van der Waals surface area (Å²) in [6, 6.07) is 12.3. The van der Waals surface area contributed by atoms with Crippen LogP contribution in [-0.2, 0) is 14.8 Å². The highest BCUT2D eigenvalue weighted by Gasteiger charge is 2.29. The second kappa shape index (κ2) is 10.9. The van der Waals surface area contributed by atoms with E-state index in [9.17, 15) is 13.2 Å². The second-order valence-corrected chi connectivity index (χ2v) is 10.2. The van der Waals surface area contributed by atoms with E-state index < -0.39 is 10.0 Å². The number of methoxy groups -OCH3 is 1. The topological polar surface area (TPSA) is 106 Å². The molecule has 1 aliphatic carbocycles. The fourth-order valence-electron chi connectivity index (χ4n) is 4.27. The van der Waals surface area contributed by atoms with E-state index in [1.54, 1.807) is 31.4 Å². The first kappa shape index (κ1) is 24.1. The molecule has 0 spiro atoms. The summed E-state index contributed by atoms with van der Waals surface area (Å²) in [6.07, 6.45) is 7.36. The van der Waals surface area contributed by atoms with Gasteiger partial charge in [-0.25, -0.2) is 8.42 Å². The maximum absolute atomic E-state index is 12.4. The van der Waals surface area contributed by atoms with Crippen LogP contribution in [0.5, 0.6) is 11.5 Å². The molecule has 0 saturated heterocycles. The third kappa shape index (κ3) is 5.88. The lowest BCUT2D eigenvalue weighted by atomic mass is 10.1. The molecule has 2 aliphatic rings. The molecule has 182 valence electrons. The molecule has 1 amide bonds. The lowest BCUT2D eigenvalue weighted by molar-refractivity contribution is -0.116. The second-order valence-electron chi connectivity index (χ2n) is 8.58. The number of amides is 1. The molecule has 1 saturated carbocycles. The maximum Gasteiger partial charge on any atom is 0.263 e. The molecule has 8 nitrogen and oxygen atoms in total. The fourth-order valence-corrected chi connectivity index (χ4v) is 5.52. The summed E-state index contributed by atoms with van der Waals surface area (Å²) >= 11 is 0. The van der Waals surface area contributed by atoms with Crippen molar-refractivity contribution < 1.29 is 22.7 Å². The van der Waals surface area contributed by atoms with Crippen LogP contribution in [0, 0.1) is 0 Å². The monoisotopic (exact) mass is 485 g/mol. The summed E-state index contributed by atoms with van der Waals surface area (Å²) in [5, 5.41) is 2.94. The third-order valence-electron chi connectivity index (χ3n) is 6.04. The van der Waals surface area contributed by atoms with Crippen LogP contribution in [0.25, 0.3) is 0 Å². The number of benzene rings is 2. The number of aliphatic imine (C=N–C) groups is 1. The van der Waals surface area contributed by atoms with Gasteiger partial charge >= 0.3 is 0 Å². The number of anilines is 1. The zero-order valence-electron chi connectivity index (χ0n) is 19.4. The van der Waals surface area contributed by atoms with Crippen LogP contribution >= 0.6 is 0 Å². The summed E-state index contributed by atoms with van der Waals surface area (Å²) in [6.45, 7) is 0.494. The Morgan fingerprint density at radius 1 is 1.09 bits per heavy atom. The maximum atomic E-state index is 12.4. The molecule has 1 fully saturated rings. The minimum Gasteiger partial charge on any atom is -0.493 e. The number of nitrogens with zero attached hydrogens (tertiary/aromatic N) is 1.